The normalized spacial score (nSPS) is 12.6. The number of carboxylic acid groups (broad SMARTS) is 1. The first-order valence-corrected chi connectivity index (χ1v) is 7.09. The molecule has 3 N–H and O–H groups in total. The quantitative estimate of drug-likeness (QED) is 0.782. The van der Waals surface area contributed by atoms with Gasteiger partial charge in [0.1, 0.15) is 0 Å². The molecule has 2 aromatic rings. The summed E-state index contributed by atoms with van der Waals surface area (Å²) in [6, 6.07) is 7.75. The van der Waals surface area contributed by atoms with Gasteiger partial charge in [0.15, 0.2) is 6.04 Å². The van der Waals surface area contributed by atoms with Crippen molar-refractivity contribution in [1.29, 1.82) is 0 Å². The molecule has 2 amide bonds. The molecule has 0 saturated carbocycles. The average Bonchev–Trinajstić information content (AvgIpc) is 2.51. The lowest BCUT2D eigenvalue weighted by molar-refractivity contribution is -0.154. The Balaban J connectivity index is 2.26. The van der Waals surface area contributed by atoms with Gasteiger partial charge in [-0.2, -0.15) is 13.2 Å². The smallest absolute Gasteiger partial charge is 0.412 e. The fourth-order valence-corrected chi connectivity index (χ4v) is 2.30. The highest BCUT2D eigenvalue weighted by Crippen LogP contribution is 2.36. The van der Waals surface area contributed by atoms with E-state index in [0.717, 1.165) is 0 Å². The maximum Gasteiger partial charge on any atom is 0.412 e. The van der Waals surface area contributed by atoms with Gasteiger partial charge in [0, 0.05) is 6.54 Å². The number of halogens is 3. The predicted molar refractivity (Wildman–Crippen MR) is 81.5 cm³/mol. The fraction of sp³-hybridized carbons (Fsp3) is 0.250. The van der Waals surface area contributed by atoms with Gasteiger partial charge in [0.2, 0.25) is 0 Å². The Morgan fingerprint density at radius 3 is 2.42 bits per heavy atom. The maximum absolute atomic E-state index is 13.4. The van der Waals surface area contributed by atoms with Gasteiger partial charge in [-0.15, -0.1) is 0 Å². The first-order chi connectivity index (χ1) is 11.3. The Morgan fingerprint density at radius 1 is 1.08 bits per heavy atom. The Labute approximate surface area is 135 Å². The summed E-state index contributed by atoms with van der Waals surface area (Å²) in [5.74, 6) is -1.16. The van der Waals surface area contributed by atoms with E-state index in [4.69, 9.17) is 5.11 Å². The number of aliphatic carboxylic acids is 1. The summed E-state index contributed by atoms with van der Waals surface area (Å²) >= 11 is 0. The van der Waals surface area contributed by atoms with Crippen LogP contribution < -0.4 is 10.6 Å². The fourth-order valence-electron chi connectivity index (χ4n) is 2.30. The van der Waals surface area contributed by atoms with E-state index < -0.39 is 24.2 Å². The SMILES string of the molecule is O=C(O)CCNC(=O)NC(c1cccc2ccccc12)C(F)(F)F. The van der Waals surface area contributed by atoms with E-state index in [1.807, 2.05) is 5.32 Å². The third-order valence-corrected chi connectivity index (χ3v) is 3.36. The minimum atomic E-state index is -4.70. The van der Waals surface area contributed by atoms with Crippen molar-refractivity contribution in [3.63, 3.8) is 0 Å². The Bertz CT molecular complexity index is 741. The molecule has 2 rings (SSSR count). The topological polar surface area (TPSA) is 78.4 Å². The highest BCUT2D eigenvalue weighted by molar-refractivity contribution is 5.87. The van der Waals surface area contributed by atoms with E-state index in [1.165, 1.54) is 12.1 Å². The maximum atomic E-state index is 13.4. The van der Waals surface area contributed by atoms with Crippen molar-refractivity contribution >= 4 is 22.8 Å². The van der Waals surface area contributed by atoms with Crippen LogP contribution >= 0.6 is 0 Å². The second-order valence-corrected chi connectivity index (χ2v) is 5.09. The van der Waals surface area contributed by atoms with Crippen molar-refractivity contribution in [3.05, 3.63) is 48.0 Å². The number of fused-ring (bicyclic) bond motifs is 1. The molecule has 0 aliphatic carbocycles. The number of rotatable bonds is 5. The molecule has 2 aromatic carbocycles. The molecule has 0 heterocycles. The lowest BCUT2D eigenvalue weighted by Crippen LogP contribution is -2.44. The average molecular weight is 340 g/mol. The number of carbonyl (C=O) groups excluding carboxylic acids is 1. The van der Waals surface area contributed by atoms with Crippen LogP contribution in [0.15, 0.2) is 42.5 Å². The van der Waals surface area contributed by atoms with Gasteiger partial charge in [-0.1, -0.05) is 42.5 Å². The molecule has 0 fully saturated rings. The van der Waals surface area contributed by atoms with Gasteiger partial charge in [-0.25, -0.2) is 4.79 Å². The number of carboxylic acids is 1. The van der Waals surface area contributed by atoms with Crippen LogP contribution in [0, 0.1) is 0 Å². The third kappa shape index (κ3) is 4.37. The first-order valence-electron chi connectivity index (χ1n) is 7.09. The predicted octanol–water partition coefficient (Wildman–Crippen LogP) is 3.22. The van der Waals surface area contributed by atoms with E-state index in [0.29, 0.717) is 10.8 Å². The van der Waals surface area contributed by atoms with Crippen LogP contribution in [0.2, 0.25) is 0 Å². The van der Waals surface area contributed by atoms with Crippen molar-refractivity contribution in [1.82, 2.24) is 10.6 Å². The largest absolute Gasteiger partial charge is 0.481 e. The number of hydrogen-bond acceptors (Lipinski definition) is 2. The lowest BCUT2D eigenvalue weighted by atomic mass is 9.98. The number of urea groups is 1. The zero-order valence-corrected chi connectivity index (χ0v) is 12.4. The molecule has 24 heavy (non-hydrogen) atoms. The number of benzene rings is 2. The number of nitrogens with one attached hydrogen (secondary N) is 2. The van der Waals surface area contributed by atoms with Crippen molar-refractivity contribution in [2.75, 3.05) is 6.54 Å². The molecular formula is C16H15F3N2O3. The number of hydrogen-bond donors (Lipinski definition) is 3. The lowest BCUT2D eigenvalue weighted by Gasteiger charge is -2.23. The van der Waals surface area contributed by atoms with E-state index in [1.54, 1.807) is 30.3 Å². The molecule has 0 aliphatic rings. The summed E-state index contributed by atoms with van der Waals surface area (Å²) in [6.45, 7) is -0.263. The first kappa shape index (κ1) is 17.6. The number of carbonyl (C=O) groups is 2. The molecule has 0 aromatic heterocycles. The minimum Gasteiger partial charge on any atom is -0.481 e. The van der Waals surface area contributed by atoms with Crippen LogP contribution in [0.25, 0.3) is 10.8 Å². The molecule has 1 unspecified atom stereocenters. The summed E-state index contributed by atoms with van der Waals surface area (Å²) in [6.07, 6.45) is -5.08. The van der Waals surface area contributed by atoms with E-state index >= 15 is 0 Å². The second kappa shape index (κ2) is 7.20. The molecule has 1 atom stereocenters. The van der Waals surface area contributed by atoms with Gasteiger partial charge in [0.05, 0.1) is 6.42 Å². The zero-order valence-electron chi connectivity index (χ0n) is 12.4. The van der Waals surface area contributed by atoms with Crippen LogP contribution in [0.5, 0.6) is 0 Å². The molecule has 0 spiro atoms. The molecule has 128 valence electrons. The van der Waals surface area contributed by atoms with Crippen molar-refractivity contribution < 1.29 is 27.9 Å². The van der Waals surface area contributed by atoms with E-state index in [-0.39, 0.29) is 18.5 Å². The summed E-state index contributed by atoms with van der Waals surface area (Å²) in [7, 11) is 0. The highest BCUT2D eigenvalue weighted by Gasteiger charge is 2.42. The summed E-state index contributed by atoms with van der Waals surface area (Å²) < 4.78 is 40.2. The van der Waals surface area contributed by atoms with Gasteiger partial charge in [-0.3, -0.25) is 4.79 Å². The summed E-state index contributed by atoms with van der Waals surface area (Å²) in [5, 5.41) is 13.5. The van der Waals surface area contributed by atoms with Gasteiger partial charge >= 0.3 is 18.2 Å². The van der Waals surface area contributed by atoms with Gasteiger partial charge < -0.3 is 15.7 Å². The van der Waals surface area contributed by atoms with Gasteiger partial charge in [0.25, 0.3) is 0 Å². The van der Waals surface area contributed by atoms with Crippen LogP contribution in [0.3, 0.4) is 0 Å². The van der Waals surface area contributed by atoms with Crippen LogP contribution in [-0.2, 0) is 4.79 Å². The second-order valence-electron chi connectivity index (χ2n) is 5.09. The number of amides is 2. The van der Waals surface area contributed by atoms with Crippen LogP contribution in [0.1, 0.15) is 18.0 Å². The molecule has 5 nitrogen and oxygen atoms in total. The van der Waals surface area contributed by atoms with Crippen molar-refractivity contribution in [2.45, 2.75) is 18.6 Å². The van der Waals surface area contributed by atoms with Crippen molar-refractivity contribution in [3.8, 4) is 0 Å². The number of alkyl halides is 3. The van der Waals surface area contributed by atoms with E-state index in [2.05, 4.69) is 5.32 Å². The monoisotopic (exact) mass is 340 g/mol. The Hall–Kier alpha value is -2.77. The summed E-state index contributed by atoms with van der Waals surface area (Å²) in [4.78, 5) is 22.1. The Morgan fingerprint density at radius 2 is 1.75 bits per heavy atom. The Kier molecular flexibility index (Phi) is 5.28. The third-order valence-electron chi connectivity index (χ3n) is 3.36. The minimum absolute atomic E-state index is 0.0750. The molecule has 0 aliphatic heterocycles. The highest BCUT2D eigenvalue weighted by atomic mass is 19.4. The standard InChI is InChI=1S/C16H15F3N2O3/c17-16(18,19)14(21-15(24)20-9-8-13(22)23)12-7-3-5-10-4-1-2-6-11(10)12/h1-7,14H,8-9H2,(H,22,23)(H2,20,21,24). The summed E-state index contributed by atoms with van der Waals surface area (Å²) in [5.41, 5.74) is -0.0750. The molecule has 0 bridgehead atoms. The molecule has 0 saturated heterocycles. The molecule has 0 radical (unpaired) electrons. The van der Waals surface area contributed by atoms with Crippen LogP contribution in [-0.4, -0.2) is 29.8 Å². The van der Waals surface area contributed by atoms with Crippen LogP contribution in [0.4, 0.5) is 18.0 Å². The molecule has 8 heteroatoms. The van der Waals surface area contributed by atoms with E-state index in [9.17, 15) is 22.8 Å². The zero-order chi connectivity index (χ0) is 17.7. The van der Waals surface area contributed by atoms with Crippen molar-refractivity contribution in [2.24, 2.45) is 0 Å². The molecular weight excluding hydrogens is 325 g/mol. The van der Waals surface area contributed by atoms with Gasteiger partial charge in [-0.05, 0) is 16.3 Å².